The van der Waals surface area contributed by atoms with Crippen molar-refractivity contribution in [3.05, 3.63) is 24.3 Å². The molecule has 0 bridgehead atoms. The van der Waals surface area contributed by atoms with E-state index in [0.29, 0.717) is 12.0 Å². The number of aliphatic hydroxyl groups excluding tert-OH is 1. The minimum absolute atomic E-state index is 0.00731. The monoisotopic (exact) mass is 262 g/mol. The largest absolute Gasteiger partial charge is 0.458 e. The van der Waals surface area contributed by atoms with Crippen LogP contribution in [0.15, 0.2) is 24.3 Å². The van der Waals surface area contributed by atoms with Crippen LogP contribution in [0.5, 0.6) is 0 Å². The average molecular weight is 262 g/mol. The van der Waals surface area contributed by atoms with E-state index in [1.54, 1.807) is 13.0 Å². The lowest BCUT2D eigenvalue weighted by molar-refractivity contribution is -0.140. The Balaban J connectivity index is 2.08. The third-order valence-electron chi connectivity index (χ3n) is 5.17. The number of allylic oxidation sites excluding steroid dienone is 2. The normalized spacial score (nSPS) is 48.8. The molecule has 1 N–H and O–H groups in total. The number of aliphatic hydroxyl groups is 1. The molecule has 2 fully saturated rings. The van der Waals surface area contributed by atoms with Crippen LogP contribution in [0.1, 0.15) is 20.3 Å². The summed E-state index contributed by atoms with van der Waals surface area (Å²) >= 11 is 0. The van der Waals surface area contributed by atoms with Crippen molar-refractivity contribution in [2.45, 2.75) is 32.5 Å². The molecule has 0 aromatic rings. The molecule has 0 amide bonds. The van der Waals surface area contributed by atoms with Gasteiger partial charge in [0, 0.05) is 5.57 Å². The van der Waals surface area contributed by atoms with Crippen molar-refractivity contribution in [3.8, 4) is 0 Å². The second-order valence-electron chi connectivity index (χ2n) is 6.18. The summed E-state index contributed by atoms with van der Waals surface area (Å²) in [6, 6.07) is 0. The number of rotatable bonds is 0. The van der Waals surface area contributed by atoms with Crippen LogP contribution in [0.25, 0.3) is 0 Å². The van der Waals surface area contributed by atoms with E-state index < -0.39 is 23.4 Å². The molecule has 3 rings (SSSR count). The van der Waals surface area contributed by atoms with Crippen LogP contribution in [0, 0.1) is 23.2 Å². The third-order valence-corrected chi connectivity index (χ3v) is 5.17. The fraction of sp³-hybridized carbons (Fsp3) is 0.600. The first-order valence-corrected chi connectivity index (χ1v) is 6.68. The Hall–Kier alpha value is -1.42. The maximum atomic E-state index is 12.2. The highest BCUT2D eigenvalue weighted by atomic mass is 16.6. The Morgan fingerprint density at radius 1 is 1.47 bits per heavy atom. The van der Waals surface area contributed by atoms with E-state index in [-0.39, 0.29) is 23.7 Å². The fourth-order valence-corrected chi connectivity index (χ4v) is 3.98. The molecule has 0 aromatic carbocycles. The first-order valence-electron chi connectivity index (χ1n) is 6.68. The molecule has 2 aliphatic carbocycles. The molecule has 4 nitrogen and oxygen atoms in total. The van der Waals surface area contributed by atoms with Crippen molar-refractivity contribution >= 4 is 11.8 Å². The van der Waals surface area contributed by atoms with Gasteiger partial charge in [-0.3, -0.25) is 4.79 Å². The van der Waals surface area contributed by atoms with Crippen LogP contribution in [-0.2, 0) is 14.3 Å². The Kier molecular flexibility index (Phi) is 2.52. The predicted molar refractivity (Wildman–Crippen MR) is 68.0 cm³/mol. The molecule has 0 unspecified atom stereocenters. The number of ether oxygens (including phenoxy) is 1. The van der Waals surface area contributed by atoms with E-state index in [2.05, 4.69) is 6.58 Å². The maximum Gasteiger partial charge on any atom is 0.334 e. The van der Waals surface area contributed by atoms with E-state index in [4.69, 9.17) is 4.74 Å². The van der Waals surface area contributed by atoms with Crippen LogP contribution >= 0.6 is 0 Å². The molecule has 0 aromatic heterocycles. The maximum absolute atomic E-state index is 12.2. The zero-order valence-corrected chi connectivity index (χ0v) is 11.1. The summed E-state index contributed by atoms with van der Waals surface area (Å²) in [5, 5.41) is 10.7. The molecular formula is C15H18O4. The quantitative estimate of drug-likeness (QED) is 0.527. The Morgan fingerprint density at radius 3 is 2.84 bits per heavy atom. The summed E-state index contributed by atoms with van der Waals surface area (Å²) in [4.78, 5) is 23.9. The van der Waals surface area contributed by atoms with Gasteiger partial charge in [-0.1, -0.05) is 19.6 Å². The van der Waals surface area contributed by atoms with Crippen molar-refractivity contribution in [3.63, 3.8) is 0 Å². The van der Waals surface area contributed by atoms with Gasteiger partial charge in [-0.05, 0) is 31.3 Å². The van der Waals surface area contributed by atoms with Crippen LogP contribution in [-0.4, -0.2) is 29.1 Å². The molecule has 102 valence electrons. The van der Waals surface area contributed by atoms with Crippen molar-refractivity contribution in [2.24, 2.45) is 23.2 Å². The van der Waals surface area contributed by atoms with Gasteiger partial charge in [-0.15, -0.1) is 0 Å². The molecule has 4 heteroatoms. The average Bonchev–Trinajstić information content (AvgIpc) is 2.77. The minimum atomic E-state index is -0.922. The number of hydrogen-bond donors (Lipinski definition) is 1. The summed E-state index contributed by atoms with van der Waals surface area (Å²) in [5.41, 5.74) is -0.568. The number of carbonyl (C=O) groups excluding carboxylic acids is 2. The second-order valence-corrected chi connectivity index (χ2v) is 6.18. The summed E-state index contributed by atoms with van der Waals surface area (Å²) in [7, 11) is 0. The lowest BCUT2D eigenvalue weighted by Gasteiger charge is -2.37. The highest BCUT2D eigenvalue weighted by Crippen LogP contribution is 2.52. The van der Waals surface area contributed by atoms with Crippen LogP contribution < -0.4 is 0 Å². The highest BCUT2D eigenvalue weighted by molar-refractivity contribution is 5.99. The van der Waals surface area contributed by atoms with E-state index in [1.165, 1.54) is 0 Å². The molecule has 3 aliphatic rings. The van der Waals surface area contributed by atoms with Crippen molar-refractivity contribution < 1.29 is 19.4 Å². The lowest BCUT2D eigenvalue weighted by Crippen LogP contribution is -2.46. The summed E-state index contributed by atoms with van der Waals surface area (Å²) in [6.07, 6.45) is 2.83. The van der Waals surface area contributed by atoms with Crippen molar-refractivity contribution in [1.29, 1.82) is 0 Å². The van der Waals surface area contributed by atoms with E-state index in [9.17, 15) is 14.7 Å². The standard InChI is InChI=1S/C15H18O4/c1-7-6-10-12(8(2)14(18)19-10)13(17)15(3)9(7)4-5-11(15)16/h4-5,7,9-10,12-13,17H,2,6H2,1,3H3/t7-,9+,10-,12-,13-,15+/m1/s1. The molecule has 1 saturated carbocycles. The third kappa shape index (κ3) is 1.43. The number of esters is 1. The fourth-order valence-electron chi connectivity index (χ4n) is 3.98. The van der Waals surface area contributed by atoms with Gasteiger partial charge in [0.1, 0.15) is 6.10 Å². The zero-order chi connectivity index (χ0) is 13.9. The van der Waals surface area contributed by atoms with Crippen LogP contribution in [0.2, 0.25) is 0 Å². The van der Waals surface area contributed by atoms with Gasteiger partial charge in [0.05, 0.1) is 17.4 Å². The molecular weight excluding hydrogens is 244 g/mol. The van der Waals surface area contributed by atoms with E-state index >= 15 is 0 Å². The Morgan fingerprint density at radius 2 is 2.16 bits per heavy atom. The molecule has 6 atom stereocenters. The smallest absolute Gasteiger partial charge is 0.334 e. The Labute approximate surface area is 112 Å². The van der Waals surface area contributed by atoms with Gasteiger partial charge in [0.15, 0.2) is 5.78 Å². The molecule has 19 heavy (non-hydrogen) atoms. The zero-order valence-electron chi connectivity index (χ0n) is 11.1. The molecule has 1 heterocycles. The van der Waals surface area contributed by atoms with Gasteiger partial charge >= 0.3 is 5.97 Å². The lowest BCUT2D eigenvalue weighted by atomic mass is 9.67. The van der Waals surface area contributed by atoms with Crippen molar-refractivity contribution in [1.82, 2.24) is 0 Å². The van der Waals surface area contributed by atoms with Gasteiger partial charge in [0.2, 0.25) is 0 Å². The van der Waals surface area contributed by atoms with Crippen LogP contribution in [0.3, 0.4) is 0 Å². The minimum Gasteiger partial charge on any atom is -0.458 e. The molecule has 1 saturated heterocycles. The predicted octanol–water partition coefficient (Wildman–Crippen LogP) is 1.25. The number of fused-ring (bicyclic) bond motifs is 2. The summed E-state index contributed by atoms with van der Waals surface area (Å²) in [5.74, 6) is -0.802. The van der Waals surface area contributed by atoms with Gasteiger partial charge in [-0.25, -0.2) is 4.79 Å². The summed E-state index contributed by atoms with van der Waals surface area (Å²) in [6.45, 7) is 7.57. The van der Waals surface area contributed by atoms with E-state index in [1.807, 2.05) is 13.0 Å². The first-order chi connectivity index (χ1) is 8.87. The highest BCUT2D eigenvalue weighted by Gasteiger charge is 2.59. The van der Waals surface area contributed by atoms with E-state index in [0.717, 1.165) is 0 Å². The molecule has 0 spiro atoms. The number of hydrogen-bond acceptors (Lipinski definition) is 4. The molecule has 1 aliphatic heterocycles. The van der Waals surface area contributed by atoms with Gasteiger partial charge in [-0.2, -0.15) is 0 Å². The second kappa shape index (κ2) is 3.79. The van der Waals surface area contributed by atoms with Gasteiger partial charge in [0.25, 0.3) is 0 Å². The molecule has 0 radical (unpaired) electrons. The first kappa shape index (κ1) is 12.6. The number of ketones is 1. The summed E-state index contributed by atoms with van der Waals surface area (Å²) < 4.78 is 5.31. The number of carbonyl (C=O) groups is 2. The Bertz CT molecular complexity index is 506. The SMILES string of the molecule is C=C1C(=O)O[C@@H]2C[C@@H](C)[C@@H]3C=CC(=O)[C@@]3(C)[C@H](O)[C@H]12. The van der Waals surface area contributed by atoms with Crippen molar-refractivity contribution in [2.75, 3.05) is 0 Å². The van der Waals surface area contributed by atoms with Gasteiger partial charge < -0.3 is 9.84 Å². The topological polar surface area (TPSA) is 63.6 Å². The van der Waals surface area contributed by atoms with Crippen LogP contribution in [0.4, 0.5) is 0 Å².